The molecule has 0 spiro atoms. The molecule has 1 amide bonds. The van der Waals surface area contributed by atoms with Crippen LogP contribution in [0.15, 0.2) is 125 Å². The Morgan fingerprint density at radius 2 is 1.57 bits per heavy atom. The van der Waals surface area contributed by atoms with Crippen LogP contribution in [0, 0.1) is 5.41 Å². The zero-order valence-electron chi connectivity index (χ0n) is 21.6. The molecule has 1 aliphatic rings. The van der Waals surface area contributed by atoms with E-state index in [1.54, 1.807) is 6.08 Å². The molecule has 0 saturated carbocycles. The first-order chi connectivity index (χ1) is 16.7. The van der Waals surface area contributed by atoms with E-state index >= 15 is 0 Å². The van der Waals surface area contributed by atoms with Crippen LogP contribution < -0.4 is 5.32 Å². The maximum absolute atomic E-state index is 12.2. The minimum atomic E-state index is -0.125. The van der Waals surface area contributed by atoms with Gasteiger partial charge in [0.15, 0.2) is 0 Å². The summed E-state index contributed by atoms with van der Waals surface area (Å²) in [6.45, 7) is 11.0. The predicted molar refractivity (Wildman–Crippen MR) is 151 cm³/mol. The molecule has 3 rings (SSSR count). The van der Waals surface area contributed by atoms with Crippen LogP contribution >= 0.6 is 0 Å². The minimum Gasteiger partial charge on any atom is -0.323 e. The van der Waals surface area contributed by atoms with Gasteiger partial charge in [-0.05, 0) is 79.0 Å². The highest BCUT2D eigenvalue weighted by molar-refractivity contribution is 5.99. The second kappa shape index (κ2) is 12.2. The molecule has 1 aliphatic carbocycles. The highest BCUT2D eigenvalue weighted by atomic mass is 16.1. The number of rotatable bonds is 7. The lowest BCUT2D eigenvalue weighted by Crippen LogP contribution is -2.20. The SMILES string of the molecule is CC1=C(/C=C/C(C)=C/C=C/C(C)=C\C(=O)Nc2ccccc2)C(C)(C)CC/C1=C\c1ccccc1. The van der Waals surface area contributed by atoms with Crippen LogP contribution in [-0.4, -0.2) is 5.91 Å². The van der Waals surface area contributed by atoms with Crippen molar-refractivity contribution in [2.75, 3.05) is 5.32 Å². The summed E-state index contributed by atoms with van der Waals surface area (Å²) in [5.41, 5.74) is 8.47. The molecule has 2 aromatic rings. The van der Waals surface area contributed by atoms with Gasteiger partial charge in [0.1, 0.15) is 0 Å². The van der Waals surface area contributed by atoms with Crippen molar-refractivity contribution in [1.82, 2.24) is 0 Å². The van der Waals surface area contributed by atoms with E-state index in [1.165, 1.54) is 22.3 Å². The van der Waals surface area contributed by atoms with Gasteiger partial charge in [-0.2, -0.15) is 0 Å². The monoisotopic (exact) mass is 463 g/mol. The molecule has 0 atom stereocenters. The third-order valence-electron chi connectivity index (χ3n) is 6.41. The van der Waals surface area contributed by atoms with Crippen molar-refractivity contribution < 1.29 is 4.79 Å². The maximum Gasteiger partial charge on any atom is 0.248 e. The minimum absolute atomic E-state index is 0.125. The Labute approximate surface area is 211 Å². The van der Waals surface area contributed by atoms with E-state index in [9.17, 15) is 4.79 Å². The fraction of sp³-hybridized carbons (Fsp3) is 0.242. The summed E-state index contributed by atoms with van der Waals surface area (Å²) in [5, 5.41) is 2.87. The van der Waals surface area contributed by atoms with Gasteiger partial charge in [0.05, 0.1) is 0 Å². The number of nitrogens with one attached hydrogen (secondary N) is 1. The van der Waals surface area contributed by atoms with Crippen LogP contribution in [0.2, 0.25) is 0 Å². The summed E-state index contributed by atoms with van der Waals surface area (Å²) in [5.74, 6) is -0.125. The molecule has 0 unspecified atom stereocenters. The summed E-state index contributed by atoms with van der Waals surface area (Å²) in [6, 6.07) is 20.0. The van der Waals surface area contributed by atoms with Crippen LogP contribution in [0.25, 0.3) is 6.08 Å². The zero-order chi connectivity index (χ0) is 25.3. The van der Waals surface area contributed by atoms with E-state index in [4.69, 9.17) is 0 Å². The Bertz CT molecular complexity index is 1200. The lowest BCUT2D eigenvalue weighted by atomic mass is 9.70. The quantitative estimate of drug-likeness (QED) is 0.322. The molecule has 0 heterocycles. The Morgan fingerprint density at radius 1 is 0.914 bits per heavy atom. The number of amides is 1. The molecule has 0 radical (unpaired) electrons. The van der Waals surface area contributed by atoms with E-state index in [0.717, 1.165) is 29.7 Å². The van der Waals surface area contributed by atoms with Crippen molar-refractivity contribution in [2.45, 2.75) is 47.5 Å². The van der Waals surface area contributed by atoms with Crippen LogP contribution in [0.4, 0.5) is 5.69 Å². The summed E-state index contributed by atoms with van der Waals surface area (Å²) in [7, 11) is 0. The number of allylic oxidation sites excluding steroid dienone is 10. The second-order valence-electron chi connectivity index (χ2n) is 9.85. The van der Waals surface area contributed by atoms with E-state index in [2.05, 4.69) is 87.6 Å². The van der Waals surface area contributed by atoms with Crippen molar-refractivity contribution >= 4 is 17.7 Å². The Morgan fingerprint density at radius 3 is 2.26 bits per heavy atom. The molecule has 35 heavy (non-hydrogen) atoms. The molecule has 2 nitrogen and oxygen atoms in total. The van der Waals surface area contributed by atoms with Gasteiger partial charge >= 0.3 is 0 Å². The number of carbonyl (C=O) groups is 1. The zero-order valence-corrected chi connectivity index (χ0v) is 21.6. The summed E-state index contributed by atoms with van der Waals surface area (Å²) in [4.78, 5) is 12.2. The van der Waals surface area contributed by atoms with E-state index in [0.29, 0.717) is 0 Å². The van der Waals surface area contributed by atoms with Gasteiger partial charge in [0.2, 0.25) is 5.91 Å². The number of anilines is 1. The fourth-order valence-corrected chi connectivity index (χ4v) is 4.31. The van der Waals surface area contributed by atoms with Crippen LogP contribution in [0.5, 0.6) is 0 Å². The van der Waals surface area contributed by atoms with Gasteiger partial charge in [-0.15, -0.1) is 0 Å². The normalized spacial score (nSPS) is 18.0. The highest BCUT2D eigenvalue weighted by Gasteiger charge is 2.28. The predicted octanol–water partition coefficient (Wildman–Crippen LogP) is 8.85. The average molecular weight is 464 g/mol. The number of benzene rings is 2. The molecule has 0 fully saturated rings. The van der Waals surface area contributed by atoms with Gasteiger partial charge in [0, 0.05) is 11.8 Å². The molecular weight excluding hydrogens is 426 g/mol. The lowest BCUT2D eigenvalue weighted by molar-refractivity contribution is -0.111. The van der Waals surface area contributed by atoms with Crippen molar-refractivity contribution in [1.29, 1.82) is 0 Å². The van der Waals surface area contributed by atoms with Gasteiger partial charge in [0.25, 0.3) is 0 Å². The molecule has 0 saturated heterocycles. The topological polar surface area (TPSA) is 29.1 Å². The van der Waals surface area contributed by atoms with Crippen molar-refractivity contribution in [2.24, 2.45) is 5.41 Å². The molecule has 0 aromatic heterocycles. The van der Waals surface area contributed by atoms with Crippen LogP contribution in [-0.2, 0) is 4.79 Å². The smallest absolute Gasteiger partial charge is 0.248 e. The number of para-hydroxylation sites is 1. The summed E-state index contributed by atoms with van der Waals surface area (Å²) in [6.07, 6.45) is 16.7. The van der Waals surface area contributed by atoms with Crippen molar-refractivity contribution in [3.8, 4) is 0 Å². The third-order valence-corrected chi connectivity index (χ3v) is 6.41. The summed E-state index contributed by atoms with van der Waals surface area (Å²) >= 11 is 0. The Hall–Kier alpha value is -3.65. The van der Waals surface area contributed by atoms with Crippen LogP contribution in [0.3, 0.4) is 0 Å². The Balaban J connectivity index is 1.69. The lowest BCUT2D eigenvalue weighted by Gasteiger charge is -2.34. The number of carbonyl (C=O) groups excluding carboxylic acids is 1. The average Bonchev–Trinajstić information content (AvgIpc) is 2.82. The van der Waals surface area contributed by atoms with Crippen LogP contribution in [0.1, 0.15) is 53.0 Å². The van der Waals surface area contributed by atoms with Crippen molar-refractivity contribution in [3.05, 3.63) is 131 Å². The van der Waals surface area contributed by atoms with E-state index in [-0.39, 0.29) is 11.3 Å². The van der Waals surface area contributed by atoms with Gasteiger partial charge in [-0.1, -0.05) is 104 Å². The maximum atomic E-state index is 12.2. The van der Waals surface area contributed by atoms with Gasteiger partial charge < -0.3 is 5.32 Å². The Kier molecular flexibility index (Phi) is 9.03. The molecule has 1 N–H and O–H groups in total. The molecular formula is C33H37NO. The second-order valence-corrected chi connectivity index (χ2v) is 9.85. The van der Waals surface area contributed by atoms with Gasteiger partial charge in [-0.25, -0.2) is 0 Å². The standard InChI is InChI=1S/C33H37NO/c1-25(13-12-14-26(2)23-32(35)34-30-17-10-7-11-18-30)19-20-31-27(3)29(21-22-33(31,4)5)24-28-15-8-6-9-16-28/h6-20,23-24H,21-22H2,1-5H3,(H,34,35)/b14-12+,20-19+,25-13+,26-23-,29-24+. The first-order valence-electron chi connectivity index (χ1n) is 12.3. The fourth-order valence-electron chi connectivity index (χ4n) is 4.31. The molecule has 2 aromatic carbocycles. The molecule has 0 bridgehead atoms. The summed E-state index contributed by atoms with van der Waals surface area (Å²) < 4.78 is 0. The van der Waals surface area contributed by atoms with Crippen molar-refractivity contribution in [3.63, 3.8) is 0 Å². The van der Waals surface area contributed by atoms with E-state index in [1.807, 2.05) is 49.4 Å². The molecule has 180 valence electrons. The van der Waals surface area contributed by atoms with E-state index < -0.39 is 0 Å². The number of hydrogen-bond donors (Lipinski definition) is 1. The van der Waals surface area contributed by atoms with Gasteiger partial charge in [-0.3, -0.25) is 4.79 Å². The highest BCUT2D eigenvalue weighted by Crippen LogP contribution is 2.43. The third kappa shape index (κ3) is 7.96. The molecule has 2 heteroatoms. The molecule has 0 aliphatic heterocycles. The first-order valence-corrected chi connectivity index (χ1v) is 12.3. The largest absolute Gasteiger partial charge is 0.323 e. The first kappa shape index (κ1) is 26.0. The number of hydrogen-bond acceptors (Lipinski definition) is 1.